The fourth-order valence-electron chi connectivity index (χ4n) is 2.12. The van der Waals surface area contributed by atoms with Crippen LogP contribution in [-0.2, 0) is 0 Å². The SMILES string of the molecule is Cc1nc(N(C)C(C)c2ccccc2Cl)sc1C(C)O. The van der Waals surface area contributed by atoms with Gasteiger partial charge in [-0.15, -0.1) is 0 Å². The van der Waals surface area contributed by atoms with Crippen LogP contribution in [0.3, 0.4) is 0 Å². The zero-order valence-corrected chi connectivity index (χ0v) is 13.7. The predicted molar refractivity (Wildman–Crippen MR) is 85.8 cm³/mol. The molecule has 3 nitrogen and oxygen atoms in total. The van der Waals surface area contributed by atoms with Crippen molar-refractivity contribution in [1.29, 1.82) is 0 Å². The van der Waals surface area contributed by atoms with Crippen molar-refractivity contribution in [3.8, 4) is 0 Å². The summed E-state index contributed by atoms with van der Waals surface area (Å²) in [4.78, 5) is 7.55. The molecule has 0 amide bonds. The largest absolute Gasteiger partial charge is 0.388 e. The molecule has 0 aliphatic rings. The Morgan fingerprint density at radius 3 is 2.50 bits per heavy atom. The van der Waals surface area contributed by atoms with Gasteiger partial charge in [-0.1, -0.05) is 41.1 Å². The number of nitrogens with zero attached hydrogens (tertiary/aromatic N) is 2. The van der Waals surface area contributed by atoms with Crippen LogP contribution < -0.4 is 4.90 Å². The lowest BCUT2D eigenvalue weighted by Gasteiger charge is -2.25. The standard InChI is InChI=1S/C15H19ClN2OS/c1-9-14(11(3)19)20-15(17-9)18(4)10(2)12-7-5-6-8-13(12)16/h5-8,10-11,19H,1-4H3. The van der Waals surface area contributed by atoms with Crippen LogP contribution in [0.5, 0.6) is 0 Å². The predicted octanol–water partition coefficient (Wildman–Crippen LogP) is 4.36. The highest BCUT2D eigenvalue weighted by atomic mass is 35.5. The van der Waals surface area contributed by atoms with Gasteiger partial charge in [0.2, 0.25) is 0 Å². The van der Waals surface area contributed by atoms with Gasteiger partial charge in [0.15, 0.2) is 5.13 Å². The summed E-state index contributed by atoms with van der Waals surface area (Å²) in [6, 6.07) is 7.96. The normalized spacial score (nSPS) is 14.1. The average molecular weight is 311 g/mol. The maximum Gasteiger partial charge on any atom is 0.186 e. The number of aryl methyl sites for hydroxylation is 1. The lowest BCUT2D eigenvalue weighted by atomic mass is 10.1. The van der Waals surface area contributed by atoms with E-state index in [1.807, 2.05) is 38.2 Å². The number of aliphatic hydroxyl groups excluding tert-OH is 1. The first-order valence-corrected chi connectivity index (χ1v) is 7.74. The van der Waals surface area contributed by atoms with Crippen LogP contribution in [0.1, 0.15) is 42.1 Å². The maximum atomic E-state index is 9.73. The lowest BCUT2D eigenvalue weighted by Crippen LogP contribution is -2.21. The number of benzene rings is 1. The first-order valence-electron chi connectivity index (χ1n) is 6.54. The van der Waals surface area contributed by atoms with Gasteiger partial charge < -0.3 is 10.0 Å². The molecule has 1 aromatic carbocycles. The highest BCUT2D eigenvalue weighted by Crippen LogP contribution is 2.35. The Morgan fingerprint density at radius 2 is 1.95 bits per heavy atom. The summed E-state index contributed by atoms with van der Waals surface area (Å²) in [6.07, 6.45) is -0.481. The number of aromatic nitrogens is 1. The molecule has 0 saturated carbocycles. The summed E-state index contributed by atoms with van der Waals surface area (Å²) in [6.45, 7) is 5.79. The zero-order valence-electron chi connectivity index (χ0n) is 12.1. The molecule has 0 radical (unpaired) electrons. The van der Waals surface area contributed by atoms with Gasteiger partial charge in [-0.25, -0.2) is 4.98 Å². The quantitative estimate of drug-likeness (QED) is 0.911. The van der Waals surface area contributed by atoms with Crippen LogP contribution in [0, 0.1) is 6.92 Å². The van der Waals surface area contributed by atoms with E-state index in [9.17, 15) is 5.11 Å². The monoisotopic (exact) mass is 310 g/mol. The van der Waals surface area contributed by atoms with Crippen molar-refractivity contribution in [2.75, 3.05) is 11.9 Å². The second-order valence-electron chi connectivity index (χ2n) is 4.93. The van der Waals surface area contributed by atoms with E-state index in [-0.39, 0.29) is 6.04 Å². The third kappa shape index (κ3) is 2.97. The Balaban J connectivity index is 2.29. The van der Waals surface area contributed by atoms with E-state index in [1.54, 1.807) is 6.92 Å². The first-order chi connectivity index (χ1) is 9.41. The van der Waals surface area contributed by atoms with E-state index < -0.39 is 6.10 Å². The summed E-state index contributed by atoms with van der Waals surface area (Å²) in [5, 5.41) is 11.4. The van der Waals surface area contributed by atoms with E-state index in [2.05, 4.69) is 16.8 Å². The lowest BCUT2D eigenvalue weighted by molar-refractivity contribution is 0.202. The highest BCUT2D eigenvalue weighted by Gasteiger charge is 2.20. The van der Waals surface area contributed by atoms with E-state index in [1.165, 1.54) is 11.3 Å². The molecule has 0 aliphatic heterocycles. The minimum Gasteiger partial charge on any atom is -0.388 e. The van der Waals surface area contributed by atoms with Crippen LogP contribution in [0.4, 0.5) is 5.13 Å². The molecule has 0 saturated heterocycles. The minimum atomic E-state index is -0.481. The van der Waals surface area contributed by atoms with Gasteiger partial charge in [0.1, 0.15) is 0 Å². The average Bonchev–Trinajstić information content (AvgIpc) is 2.80. The Bertz CT molecular complexity index is 597. The molecule has 2 rings (SSSR count). The van der Waals surface area contributed by atoms with Crippen LogP contribution in [0.25, 0.3) is 0 Å². The molecule has 1 heterocycles. The van der Waals surface area contributed by atoms with Crippen LogP contribution in [-0.4, -0.2) is 17.1 Å². The third-order valence-corrected chi connectivity index (χ3v) is 5.20. The molecule has 0 spiro atoms. The van der Waals surface area contributed by atoms with Crippen LogP contribution >= 0.6 is 22.9 Å². The Labute approximate surface area is 128 Å². The first kappa shape index (κ1) is 15.3. The number of aliphatic hydroxyl groups is 1. The number of hydrogen-bond acceptors (Lipinski definition) is 4. The second kappa shape index (κ2) is 6.12. The van der Waals surface area contributed by atoms with Gasteiger partial charge in [-0.05, 0) is 32.4 Å². The van der Waals surface area contributed by atoms with Gasteiger partial charge in [0.25, 0.3) is 0 Å². The molecular formula is C15H19ClN2OS. The molecule has 2 unspecified atom stereocenters. The number of hydrogen-bond donors (Lipinski definition) is 1. The minimum absolute atomic E-state index is 0.121. The topological polar surface area (TPSA) is 36.4 Å². The number of rotatable bonds is 4. The number of halogens is 1. The highest BCUT2D eigenvalue weighted by molar-refractivity contribution is 7.15. The molecule has 0 aliphatic carbocycles. The molecule has 108 valence electrons. The molecule has 0 fully saturated rings. The third-order valence-electron chi connectivity index (χ3n) is 3.44. The second-order valence-corrected chi connectivity index (χ2v) is 6.35. The van der Waals surface area contributed by atoms with Crippen molar-refractivity contribution in [2.45, 2.75) is 32.9 Å². The van der Waals surface area contributed by atoms with Crippen molar-refractivity contribution < 1.29 is 5.11 Å². The van der Waals surface area contributed by atoms with E-state index in [4.69, 9.17) is 11.6 Å². The molecule has 2 atom stereocenters. The van der Waals surface area contributed by atoms with Crippen molar-refractivity contribution in [2.24, 2.45) is 0 Å². The molecule has 1 aromatic heterocycles. The summed E-state index contributed by atoms with van der Waals surface area (Å²) < 4.78 is 0. The van der Waals surface area contributed by atoms with Gasteiger partial charge in [-0.3, -0.25) is 0 Å². The summed E-state index contributed by atoms with van der Waals surface area (Å²) in [5.74, 6) is 0. The van der Waals surface area contributed by atoms with Gasteiger partial charge in [0.05, 0.1) is 22.7 Å². The Kier molecular flexibility index (Phi) is 4.68. The Morgan fingerprint density at radius 1 is 1.30 bits per heavy atom. The van der Waals surface area contributed by atoms with Gasteiger partial charge in [-0.2, -0.15) is 0 Å². The van der Waals surface area contributed by atoms with Crippen LogP contribution in [0.2, 0.25) is 5.02 Å². The molecule has 20 heavy (non-hydrogen) atoms. The molecule has 0 bridgehead atoms. The van der Waals surface area contributed by atoms with Crippen molar-refractivity contribution in [3.05, 3.63) is 45.4 Å². The number of anilines is 1. The summed E-state index contributed by atoms with van der Waals surface area (Å²) in [5.41, 5.74) is 1.96. The smallest absolute Gasteiger partial charge is 0.186 e. The van der Waals surface area contributed by atoms with E-state index in [0.717, 1.165) is 26.3 Å². The number of thiazole rings is 1. The van der Waals surface area contributed by atoms with Crippen molar-refractivity contribution in [1.82, 2.24) is 4.98 Å². The van der Waals surface area contributed by atoms with Crippen molar-refractivity contribution in [3.63, 3.8) is 0 Å². The fourth-order valence-corrected chi connectivity index (χ4v) is 3.46. The molecule has 5 heteroatoms. The molecule has 1 N–H and O–H groups in total. The van der Waals surface area contributed by atoms with Gasteiger partial charge >= 0.3 is 0 Å². The zero-order chi connectivity index (χ0) is 14.9. The van der Waals surface area contributed by atoms with E-state index in [0.29, 0.717) is 0 Å². The Hall–Kier alpha value is -1.10. The van der Waals surface area contributed by atoms with Crippen LogP contribution in [0.15, 0.2) is 24.3 Å². The summed E-state index contributed by atoms with van der Waals surface area (Å²) in [7, 11) is 2.00. The molecular weight excluding hydrogens is 292 g/mol. The summed E-state index contributed by atoms with van der Waals surface area (Å²) >= 11 is 7.78. The maximum absolute atomic E-state index is 9.73. The van der Waals surface area contributed by atoms with Crippen molar-refractivity contribution >= 4 is 28.1 Å². The van der Waals surface area contributed by atoms with Gasteiger partial charge in [0, 0.05) is 12.1 Å². The molecule has 2 aromatic rings. The fraction of sp³-hybridized carbons (Fsp3) is 0.400. The van der Waals surface area contributed by atoms with E-state index >= 15 is 0 Å².